The Balaban J connectivity index is 2.27. The van der Waals surface area contributed by atoms with Crippen molar-refractivity contribution in [2.45, 2.75) is 78.4 Å². The fraction of sp³-hybridized carbons (Fsp3) is 0.500. The summed E-state index contributed by atoms with van der Waals surface area (Å²) in [5.41, 5.74) is 2.04. The Labute approximate surface area is 218 Å². The minimum atomic E-state index is -0.613. The summed E-state index contributed by atoms with van der Waals surface area (Å²) in [6.07, 6.45) is 1.30. The Bertz CT molecular complexity index is 1000. The zero-order valence-corrected chi connectivity index (χ0v) is 23.6. The third kappa shape index (κ3) is 8.27. The number of carbonyl (C=O) groups excluding carboxylic acids is 2. The van der Waals surface area contributed by atoms with E-state index in [1.807, 2.05) is 63.2 Å². The van der Waals surface area contributed by atoms with Crippen molar-refractivity contribution in [3.05, 3.63) is 58.1 Å². The molecule has 2 aromatic rings. The summed E-state index contributed by atoms with van der Waals surface area (Å²) in [5, 5.41) is 3.02. The predicted octanol–water partition coefficient (Wildman–Crippen LogP) is 5.86. The number of rotatable bonds is 11. The first-order valence-electron chi connectivity index (χ1n) is 12.2. The molecule has 6 nitrogen and oxygen atoms in total. The zero-order chi connectivity index (χ0) is 26.2. The van der Waals surface area contributed by atoms with Gasteiger partial charge in [0.2, 0.25) is 5.91 Å². The van der Waals surface area contributed by atoms with Crippen LogP contribution in [0.5, 0.6) is 11.5 Å². The van der Waals surface area contributed by atoms with Crippen LogP contribution < -0.4 is 14.8 Å². The molecule has 2 amide bonds. The van der Waals surface area contributed by atoms with Crippen LogP contribution in [-0.4, -0.2) is 42.5 Å². The van der Waals surface area contributed by atoms with E-state index in [2.05, 4.69) is 42.0 Å². The monoisotopic (exact) mass is 546 g/mol. The number of ether oxygens (including phenoxy) is 2. The van der Waals surface area contributed by atoms with Gasteiger partial charge in [-0.3, -0.25) is 9.59 Å². The summed E-state index contributed by atoms with van der Waals surface area (Å²) in [6, 6.07) is 12.8. The Hall–Kier alpha value is -2.54. The van der Waals surface area contributed by atoms with Crippen molar-refractivity contribution in [3.8, 4) is 11.5 Å². The first-order chi connectivity index (χ1) is 16.5. The highest BCUT2D eigenvalue weighted by molar-refractivity contribution is 9.10. The molecule has 0 bridgehead atoms. The lowest BCUT2D eigenvalue weighted by Gasteiger charge is -2.31. The Morgan fingerprint density at radius 1 is 1.09 bits per heavy atom. The SMILES string of the molecule is CCC(C)NC(=O)C(CC)N(Cc1cccc(OC)c1)C(=O)COc1ccc(C(C)(C)C)cc1Br. The van der Waals surface area contributed by atoms with Crippen molar-refractivity contribution in [2.24, 2.45) is 0 Å². The standard InChI is InChI=1S/C28H39BrN2O4/c1-8-19(3)30-27(33)24(9-2)31(17-20-11-10-12-22(15-20)34-7)26(32)18-35-25-14-13-21(16-23(25)29)28(4,5)6/h10-16,19,24H,8-9,17-18H2,1-7H3,(H,30,33). The molecule has 0 radical (unpaired) electrons. The summed E-state index contributed by atoms with van der Waals surface area (Å²) in [5.74, 6) is 0.871. The van der Waals surface area contributed by atoms with Crippen LogP contribution in [-0.2, 0) is 21.5 Å². The molecule has 35 heavy (non-hydrogen) atoms. The van der Waals surface area contributed by atoms with Crippen LogP contribution in [0, 0.1) is 0 Å². The molecule has 2 atom stereocenters. The summed E-state index contributed by atoms with van der Waals surface area (Å²) in [7, 11) is 1.60. The van der Waals surface area contributed by atoms with Crippen LogP contribution in [0.4, 0.5) is 0 Å². The molecule has 0 heterocycles. The zero-order valence-electron chi connectivity index (χ0n) is 22.0. The van der Waals surface area contributed by atoms with Crippen molar-refractivity contribution in [3.63, 3.8) is 0 Å². The van der Waals surface area contributed by atoms with Gasteiger partial charge in [0.1, 0.15) is 17.5 Å². The van der Waals surface area contributed by atoms with Gasteiger partial charge in [-0.05, 0) is 76.5 Å². The van der Waals surface area contributed by atoms with E-state index in [4.69, 9.17) is 9.47 Å². The second kappa shape index (κ2) is 13.0. The molecule has 2 unspecified atom stereocenters. The van der Waals surface area contributed by atoms with E-state index in [0.29, 0.717) is 17.9 Å². The van der Waals surface area contributed by atoms with E-state index in [1.165, 1.54) is 0 Å². The minimum absolute atomic E-state index is 0.00173. The number of amides is 2. The summed E-state index contributed by atoms with van der Waals surface area (Å²) in [6.45, 7) is 12.4. The number of hydrogen-bond donors (Lipinski definition) is 1. The fourth-order valence-electron chi connectivity index (χ4n) is 3.63. The Kier molecular flexibility index (Phi) is 10.6. The highest BCUT2D eigenvalue weighted by Crippen LogP contribution is 2.31. The van der Waals surface area contributed by atoms with Crippen LogP contribution in [0.3, 0.4) is 0 Å². The fourth-order valence-corrected chi connectivity index (χ4v) is 4.13. The van der Waals surface area contributed by atoms with Gasteiger partial charge >= 0.3 is 0 Å². The maximum Gasteiger partial charge on any atom is 0.261 e. The smallest absolute Gasteiger partial charge is 0.261 e. The lowest BCUT2D eigenvalue weighted by molar-refractivity contribution is -0.143. The minimum Gasteiger partial charge on any atom is -0.497 e. The normalized spacial score (nSPS) is 13.0. The lowest BCUT2D eigenvalue weighted by Crippen LogP contribution is -2.51. The van der Waals surface area contributed by atoms with E-state index in [-0.39, 0.29) is 36.4 Å². The summed E-state index contributed by atoms with van der Waals surface area (Å²) in [4.78, 5) is 28.1. The highest BCUT2D eigenvalue weighted by Gasteiger charge is 2.30. The lowest BCUT2D eigenvalue weighted by atomic mass is 9.87. The molecule has 0 spiro atoms. The van der Waals surface area contributed by atoms with E-state index in [1.54, 1.807) is 12.0 Å². The van der Waals surface area contributed by atoms with E-state index in [0.717, 1.165) is 22.0 Å². The number of hydrogen-bond acceptors (Lipinski definition) is 4. The summed E-state index contributed by atoms with van der Waals surface area (Å²) < 4.78 is 12.0. The molecule has 0 aliphatic rings. The molecule has 192 valence electrons. The topological polar surface area (TPSA) is 67.9 Å². The molecule has 0 saturated carbocycles. The molecule has 7 heteroatoms. The second-order valence-electron chi connectivity index (χ2n) is 9.80. The van der Waals surface area contributed by atoms with Crippen LogP contribution in [0.2, 0.25) is 0 Å². The Morgan fingerprint density at radius 2 is 1.80 bits per heavy atom. The molecular weight excluding hydrogens is 508 g/mol. The number of halogens is 1. The molecule has 0 fully saturated rings. The average Bonchev–Trinajstić information content (AvgIpc) is 2.82. The maximum atomic E-state index is 13.4. The van der Waals surface area contributed by atoms with Crippen molar-refractivity contribution < 1.29 is 19.1 Å². The van der Waals surface area contributed by atoms with Crippen LogP contribution in [0.1, 0.15) is 65.5 Å². The molecule has 1 N–H and O–H groups in total. The second-order valence-corrected chi connectivity index (χ2v) is 10.7. The number of benzene rings is 2. The van der Waals surface area contributed by atoms with Crippen LogP contribution in [0.15, 0.2) is 46.9 Å². The molecule has 0 aromatic heterocycles. The van der Waals surface area contributed by atoms with Crippen molar-refractivity contribution in [2.75, 3.05) is 13.7 Å². The van der Waals surface area contributed by atoms with Gasteiger partial charge in [-0.15, -0.1) is 0 Å². The maximum absolute atomic E-state index is 13.4. The van der Waals surface area contributed by atoms with Crippen molar-refractivity contribution >= 4 is 27.7 Å². The van der Waals surface area contributed by atoms with E-state index < -0.39 is 6.04 Å². The molecule has 0 saturated heterocycles. The average molecular weight is 548 g/mol. The first kappa shape index (κ1) is 28.7. The molecule has 0 aliphatic heterocycles. The summed E-state index contributed by atoms with van der Waals surface area (Å²) >= 11 is 3.57. The van der Waals surface area contributed by atoms with Gasteiger partial charge in [0.15, 0.2) is 6.61 Å². The largest absolute Gasteiger partial charge is 0.497 e. The van der Waals surface area contributed by atoms with Gasteiger partial charge in [-0.1, -0.05) is 52.8 Å². The first-order valence-corrected chi connectivity index (χ1v) is 12.9. The quantitative estimate of drug-likeness (QED) is 0.383. The van der Waals surface area contributed by atoms with Gasteiger partial charge in [-0.2, -0.15) is 0 Å². The highest BCUT2D eigenvalue weighted by atomic mass is 79.9. The number of nitrogens with zero attached hydrogens (tertiary/aromatic N) is 1. The predicted molar refractivity (Wildman–Crippen MR) is 144 cm³/mol. The number of nitrogens with one attached hydrogen (secondary N) is 1. The van der Waals surface area contributed by atoms with Gasteiger partial charge in [-0.25, -0.2) is 0 Å². The third-order valence-electron chi connectivity index (χ3n) is 6.02. The van der Waals surface area contributed by atoms with Crippen LogP contribution >= 0.6 is 15.9 Å². The number of methoxy groups -OCH3 is 1. The van der Waals surface area contributed by atoms with E-state index >= 15 is 0 Å². The van der Waals surface area contributed by atoms with Crippen molar-refractivity contribution in [1.82, 2.24) is 10.2 Å². The van der Waals surface area contributed by atoms with Gasteiger partial charge < -0.3 is 19.7 Å². The molecule has 2 rings (SSSR count). The van der Waals surface area contributed by atoms with Gasteiger partial charge in [0.25, 0.3) is 5.91 Å². The molecule has 2 aromatic carbocycles. The molecule has 0 aliphatic carbocycles. The third-order valence-corrected chi connectivity index (χ3v) is 6.64. The van der Waals surface area contributed by atoms with Gasteiger partial charge in [0.05, 0.1) is 11.6 Å². The van der Waals surface area contributed by atoms with E-state index in [9.17, 15) is 9.59 Å². The molecular formula is C28H39BrN2O4. The van der Waals surface area contributed by atoms with Crippen molar-refractivity contribution in [1.29, 1.82) is 0 Å². The Morgan fingerprint density at radius 3 is 2.37 bits per heavy atom. The van der Waals surface area contributed by atoms with Crippen LogP contribution in [0.25, 0.3) is 0 Å². The number of carbonyl (C=O) groups is 2. The van der Waals surface area contributed by atoms with Gasteiger partial charge in [0, 0.05) is 12.6 Å².